The average molecular weight is 315 g/mol. The number of benzene rings is 1. The highest BCUT2D eigenvalue weighted by molar-refractivity contribution is 9.10. The molecule has 0 aliphatic heterocycles. The van der Waals surface area contributed by atoms with Crippen LogP contribution in [0.2, 0.25) is 0 Å². The summed E-state index contributed by atoms with van der Waals surface area (Å²) in [5.74, 6) is -0.162. The molecule has 0 saturated carbocycles. The first-order valence-corrected chi connectivity index (χ1v) is 6.37. The third-order valence-electron chi connectivity index (χ3n) is 2.01. The second-order valence-corrected chi connectivity index (χ2v) is 4.37. The number of amides is 2. The van der Waals surface area contributed by atoms with Crippen LogP contribution in [0.3, 0.4) is 0 Å². The van der Waals surface area contributed by atoms with Crippen LogP contribution in [0, 0.1) is 0 Å². The molecule has 0 aliphatic rings. The fourth-order valence-corrected chi connectivity index (χ4v) is 1.65. The highest BCUT2D eigenvalue weighted by atomic mass is 79.9. The normalized spacial score (nSPS) is 9.67. The van der Waals surface area contributed by atoms with Gasteiger partial charge in [-0.05, 0) is 25.1 Å². The lowest BCUT2D eigenvalue weighted by Gasteiger charge is -2.06. The van der Waals surface area contributed by atoms with E-state index in [0.717, 1.165) is 4.47 Å². The van der Waals surface area contributed by atoms with E-state index < -0.39 is 6.09 Å². The Morgan fingerprint density at radius 1 is 1.39 bits per heavy atom. The number of ether oxygens (including phenoxy) is 1. The van der Waals surface area contributed by atoms with E-state index in [9.17, 15) is 9.59 Å². The Bertz CT molecular complexity index is 424. The van der Waals surface area contributed by atoms with Gasteiger partial charge in [0.15, 0.2) is 0 Å². The summed E-state index contributed by atoms with van der Waals surface area (Å²) in [5, 5.41) is 5.21. The van der Waals surface area contributed by atoms with Crippen LogP contribution in [-0.4, -0.2) is 25.2 Å². The van der Waals surface area contributed by atoms with Gasteiger partial charge in [0, 0.05) is 23.1 Å². The Morgan fingerprint density at radius 3 is 2.83 bits per heavy atom. The van der Waals surface area contributed by atoms with Crippen LogP contribution in [0.15, 0.2) is 28.7 Å². The number of alkyl carbamates (subject to hydrolysis) is 1. The quantitative estimate of drug-likeness (QED) is 0.877. The summed E-state index contributed by atoms with van der Waals surface area (Å²) in [6.45, 7) is 2.29. The number of rotatable bonds is 5. The fraction of sp³-hybridized carbons (Fsp3) is 0.333. The van der Waals surface area contributed by atoms with Gasteiger partial charge in [-0.25, -0.2) is 4.79 Å². The zero-order valence-corrected chi connectivity index (χ0v) is 11.6. The predicted octanol–water partition coefficient (Wildman–Crippen LogP) is 2.52. The summed E-state index contributed by atoms with van der Waals surface area (Å²) in [7, 11) is 0. The van der Waals surface area contributed by atoms with Crippen molar-refractivity contribution in [3.05, 3.63) is 28.7 Å². The summed E-state index contributed by atoms with van der Waals surface area (Å²) in [5.41, 5.74) is 0.713. The summed E-state index contributed by atoms with van der Waals surface area (Å²) < 4.78 is 5.56. The lowest BCUT2D eigenvalue weighted by atomic mass is 10.3. The summed E-state index contributed by atoms with van der Waals surface area (Å²) in [6.07, 6.45) is -0.307. The van der Waals surface area contributed by atoms with E-state index in [1.165, 1.54) is 0 Å². The first-order chi connectivity index (χ1) is 8.61. The Morgan fingerprint density at radius 2 is 2.17 bits per heavy atom. The minimum Gasteiger partial charge on any atom is -0.450 e. The van der Waals surface area contributed by atoms with Crippen molar-refractivity contribution in [2.24, 2.45) is 0 Å². The maximum Gasteiger partial charge on any atom is 0.407 e. The van der Waals surface area contributed by atoms with Crippen molar-refractivity contribution >= 4 is 33.6 Å². The number of hydrogen-bond acceptors (Lipinski definition) is 3. The molecular formula is C12H15BrN2O3. The number of carbonyl (C=O) groups is 2. The molecule has 0 bridgehead atoms. The minimum atomic E-state index is -0.507. The van der Waals surface area contributed by atoms with E-state index in [-0.39, 0.29) is 18.9 Å². The molecule has 2 amide bonds. The Hall–Kier alpha value is -1.56. The molecule has 0 spiro atoms. The molecule has 98 valence electrons. The van der Waals surface area contributed by atoms with Gasteiger partial charge in [-0.1, -0.05) is 22.0 Å². The maximum absolute atomic E-state index is 11.5. The maximum atomic E-state index is 11.5. The van der Waals surface area contributed by atoms with Crippen LogP contribution in [-0.2, 0) is 9.53 Å². The lowest BCUT2D eigenvalue weighted by molar-refractivity contribution is -0.116. The van der Waals surface area contributed by atoms with Gasteiger partial charge < -0.3 is 15.4 Å². The van der Waals surface area contributed by atoms with Gasteiger partial charge in [-0.2, -0.15) is 0 Å². The number of anilines is 1. The third kappa shape index (κ3) is 5.67. The van der Waals surface area contributed by atoms with E-state index in [2.05, 4.69) is 31.3 Å². The fourth-order valence-electron chi connectivity index (χ4n) is 1.25. The van der Waals surface area contributed by atoms with Crippen LogP contribution in [0.5, 0.6) is 0 Å². The summed E-state index contributed by atoms with van der Waals surface area (Å²) >= 11 is 3.32. The van der Waals surface area contributed by atoms with Crippen molar-refractivity contribution in [1.29, 1.82) is 0 Å². The number of carbonyl (C=O) groups excluding carboxylic acids is 2. The molecule has 5 nitrogen and oxygen atoms in total. The predicted molar refractivity (Wildman–Crippen MR) is 72.4 cm³/mol. The largest absolute Gasteiger partial charge is 0.450 e. The van der Waals surface area contributed by atoms with Crippen molar-refractivity contribution in [1.82, 2.24) is 5.32 Å². The topological polar surface area (TPSA) is 67.4 Å². The molecule has 0 unspecified atom stereocenters. The molecule has 0 aromatic heterocycles. The molecule has 0 heterocycles. The molecule has 1 aromatic rings. The van der Waals surface area contributed by atoms with Gasteiger partial charge in [-0.3, -0.25) is 4.79 Å². The molecule has 6 heteroatoms. The van der Waals surface area contributed by atoms with Gasteiger partial charge in [-0.15, -0.1) is 0 Å². The molecule has 18 heavy (non-hydrogen) atoms. The highest BCUT2D eigenvalue weighted by Crippen LogP contribution is 2.15. The van der Waals surface area contributed by atoms with Crippen LogP contribution >= 0.6 is 15.9 Å². The van der Waals surface area contributed by atoms with Gasteiger partial charge in [0.1, 0.15) is 0 Å². The number of halogens is 1. The minimum absolute atomic E-state index is 0.162. The van der Waals surface area contributed by atoms with Gasteiger partial charge in [0.25, 0.3) is 0 Å². The highest BCUT2D eigenvalue weighted by Gasteiger charge is 2.04. The van der Waals surface area contributed by atoms with Crippen LogP contribution in [0.25, 0.3) is 0 Å². The molecule has 2 N–H and O–H groups in total. The van der Waals surface area contributed by atoms with E-state index >= 15 is 0 Å². The van der Waals surface area contributed by atoms with Gasteiger partial charge in [0.05, 0.1) is 6.61 Å². The van der Waals surface area contributed by atoms with Crippen LogP contribution in [0.4, 0.5) is 10.5 Å². The summed E-state index contributed by atoms with van der Waals surface area (Å²) in [6, 6.07) is 7.30. The van der Waals surface area contributed by atoms with E-state index in [4.69, 9.17) is 0 Å². The molecule has 0 saturated heterocycles. The van der Waals surface area contributed by atoms with Crippen molar-refractivity contribution in [3.63, 3.8) is 0 Å². The molecule has 0 radical (unpaired) electrons. The van der Waals surface area contributed by atoms with Gasteiger partial charge in [0.2, 0.25) is 5.91 Å². The third-order valence-corrected chi connectivity index (χ3v) is 2.50. The number of nitrogens with one attached hydrogen (secondary N) is 2. The zero-order valence-electron chi connectivity index (χ0n) is 10.0. The summed E-state index contributed by atoms with van der Waals surface area (Å²) in [4.78, 5) is 22.5. The lowest BCUT2D eigenvalue weighted by Crippen LogP contribution is -2.28. The molecule has 1 rings (SSSR count). The van der Waals surface area contributed by atoms with Crippen molar-refractivity contribution < 1.29 is 14.3 Å². The second kappa shape index (κ2) is 7.71. The van der Waals surface area contributed by atoms with Gasteiger partial charge >= 0.3 is 6.09 Å². The molecule has 0 aliphatic carbocycles. The van der Waals surface area contributed by atoms with Crippen LogP contribution < -0.4 is 10.6 Å². The molecule has 1 aromatic carbocycles. The smallest absolute Gasteiger partial charge is 0.407 e. The molecular weight excluding hydrogens is 300 g/mol. The van der Waals surface area contributed by atoms with E-state index in [0.29, 0.717) is 12.3 Å². The van der Waals surface area contributed by atoms with Crippen LogP contribution in [0.1, 0.15) is 13.3 Å². The Kier molecular flexibility index (Phi) is 6.21. The van der Waals surface area contributed by atoms with Crippen molar-refractivity contribution in [3.8, 4) is 0 Å². The molecule has 0 fully saturated rings. The Labute approximate surface area is 114 Å². The Balaban J connectivity index is 2.28. The first kappa shape index (κ1) is 14.5. The van der Waals surface area contributed by atoms with E-state index in [1.54, 1.807) is 19.1 Å². The standard InChI is InChI=1S/C12H15BrN2O3/c1-2-18-12(17)14-7-6-11(16)15-10-5-3-4-9(13)8-10/h3-5,8H,2,6-7H2,1H3,(H,14,17)(H,15,16). The molecule has 0 atom stereocenters. The number of hydrogen-bond donors (Lipinski definition) is 2. The zero-order chi connectivity index (χ0) is 13.4. The van der Waals surface area contributed by atoms with E-state index in [1.807, 2.05) is 12.1 Å². The first-order valence-electron chi connectivity index (χ1n) is 5.58. The monoisotopic (exact) mass is 314 g/mol. The average Bonchev–Trinajstić information content (AvgIpc) is 2.29. The van der Waals surface area contributed by atoms with Crippen molar-refractivity contribution in [2.45, 2.75) is 13.3 Å². The SMILES string of the molecule is CCOC(=O)NCCC(=O)Nc1cccc(Br)c1. The second-order valence-electron chi connectivity index (χ2n) is 3.46. The van der Waals surface area contributed by atoms with Crippen molar-refractivity contribution in [2.75, 3.05) is 18.5 Å².